The Hall–Kier alpha value is -2.76. The second-order valence-electron chi connectivity index (χ2n) is 7.64. The van der Waals surface area contributed by atoms with Crippen LogP contribution in [0.1, 0.15) is 36.6 Å². The van der Waals surface area contributed by atoms with Gasteiger partial charge in [0.1, 0.15) is 0 Å². The van der Waals surface area contributed by atoms with E-state index in [1.807, 2.05) is 11.9 Å². The largest absolute Gasteiger partial charge is 0.357 e. The van der Waals surface area contributed by atoms with Crippen LogP contribution in [-0.2, 0) is 31.4 Å². The fourth-order valence-corrected chi connectivity index (χ4v) is 3.73. The Morgan fingerprint density at radius 3 is 2.72 bits per heavy atom. The summed E-state index contributed by atoms with van der Waals surface area (Å²) in [6, 6.07) is 12.6. The number of hydrogen-bond donors (Lipinski definition) is 1. The molecule has 1 amide bonds. The molecule has 0 bridgehead atoms. The maximum absolute atomic E-state index is 12.6. The smallest absolute Gasteiger partial charge is 0.222 e. The van der Waals surface area contributed by atoms with E-state index in [0.717, 1.165) is 45.0 Å². The van der Waals surface area contributed by atoms with E-state index in [2.05, 4.69) is 71.4 Å². The zero-order valence-corrected chi connectivity index (χ0v) is 17.9. The maximum atomic E-state index is 12.6. The second kappa shape index (κ2) is 10.1. The number of carbonyl (C=O) groups is 1. The second-order valence-corrected chi connectivity index (χ2v) is 7.64. The van der Waals surface area contributed by atoms with E-state index >= 15 is 0 Å². The molecule has 0 aliphatic carbocycles. The van der Waals surface area contributed by atoms with Gasteiger partial charge in [0.05, 0.1) is 6.54 Å². The van der Waals surface area contributed by atoms with Crippen molar-refractivity contribution >= 4 is 11.9 Å². The predicted octanol–water partition coefficient (Wildman–Crippen LogP) is 2.79. The highest BCUT2D eigenvalue weighted by Gasteiger charge is 2.19. The van der Waals surface area contributed by atoms with E-state index in [4.69, 9.17) is 4.99 Å². The molecule has 1 N–H and O–H groups in total. The van der Waals surface area contributed by atoms with Gasteiger partial charge in [-0.1, -0.05) is 24.3 Å². The van der Waals surface area contributed by atoms with Crippen molar-refractivity contribution in [1.82, 2.24) is 19.7 Å². The van der Waals surface area contributed by atoms with E-state index in [9.17, 15) is 4.79 Å². The average molecular weight is 396 g/mol. The van der Waals surface area contributed by atoms with Crippen LogP contribution in [0.3, 0.4) is 0 Å². The topological polar surface area (TPSA) is 52.9 Å². The first-order valence-electron chi connectivity index (χ1n) is 10.5. The summed E-state index contributed by atoms with van der Waals surface area (Å²) < 4.78 is 2.12. The number of rotatable bonds is 7. The minimum absolute atomic E-state index is 0.233. The van der Waals surface area contributed by atoms with E-state index in [0.29, 0.717) is 13.0 Å². The lowest BCUT2D eigenvalue weighted by Crippen LogP contribution is -2.39. The Kier molecular flexibility index (Phi) is 7.33. The number of amides is 1. The van der Waals surface area contributed by atoms with Gasteiger partial charge in [0.15, 0.2) is 5.96 Å². The standard InChI is InChI=1S/C23H33N5O/c1-4-24-23(27(3)18-21-11-8-15-26(21)2)25-14-7-12-22(29)28-16-13-19-9-5-6-10-20(19)17-28/h5-6,8-11,15H,4,7,12-14,16-18H2,1-3H3,(H,24,25). The lowest BCUT2D eigenvalue weighted by Gasteiger charge is -2.29. The highest BCUT2D eigenvalue weighted by Crippen LogP contribution is 2.19. The molecule has 6 nitrogen and oxygen atoms in total. The highest BCUT2D eigenvalue weighted by atomic mass is 16.2. The molecule has 1 aliphatic rings. The Morgan fingerprint density at radius 1 is 1.21 bits per heavy atom. The van der Waals surface area contributed by atoms with Gasteiger partial charge >= 0.3 is 0 Å². The predicted molar refractivity (Wildman–Crippen MR) is 118 cm³/mol. The fraction of sp³-hybridized carbons (Fsp3) is 0.478. The third-order valence-corrected chi connectivity index (χ3v) is 5.44. The Labute approximate surface area is 174 Å². The van der Waals surface area contributed by atoms with Gasteiger partial charge in [0.2, 0.25) is 5.91 Å². The van der Waals surface area contributed by atoms with Crippen LogP contribution in [0.5, 0.6) is 0 Å². The Morgan fingerprint density at radius 2 is 2.00 bits per heavy atom. The molecule has 2 heterocycles. The zero-order valence-electron chi connectivity index (χ0n) is 17.9. The minimum Gasteiger partial charge on any atom is -0.357 e. The number of benzene rings is 1. The number of aliphatic imine (C=N–C) groups is 1. The molecular formula is C23H33N5O. The van der Waals surface area contributed by atoms with Gasteiger partial charge in [0.25, 0.3) is 0 Å². The number of aromatic nitrogens is 1. The molecule has 0 saturated heterocycles. The summed E-state index contributed by atoms with van der Waals surface area (Å²) in [5.41, 5.74) is 3.89. The summed E-state index contributed by atoms with van der Waals surface area (Å²) in [7, 11) is 4.10. The zero-order chi connectivity index (χ0) is 20.6. The van der Waals surface area contributed by atoms with Crippen molar-refractivity contribution in [2.24, 2.45) is 12.0 Å². The molecule has 0 fully saturated rings. The van der Waals surface area contributed by atoms with Crippen LogP contribution in [0.15, 0.2) is 47.6 Å². The lowest BCUT2D eigenvalue weighted by atomic mass is 9.99. The Bertz CT molecular complexity index is 841. The first kappa shape index (κ1) is 21.0. The molecule has 1 aromatic heterocycles. The molecule has 0 atom stereocenters. The summed E-state index contributed by atoms with van der Waals surface area (Å²) >= 11 is 0. The van der Waals surface area contributed by atoms with Crippen LogP contribution in [0, 0.1) is 0 Å². The summed E-state index contributed by atoms with van der Waals surface area (Å²) in [5.74, 6) is 1.12. The minimum atomic E-state index is 0.233. The van der Waals surface area contributed by atoms with Gasteiger partial charge in [-0.05, 0) is 43.0 Å². The quantitative estimate of drug-likeness (QED) is 0.446. The van der Waals surface area contributed by atoms with Crippen LogP contribution >= 0.6 is 0 Å². The van der Waals surface area contributed by atoms with Gasteiger partial charge in [-0.15, -0.1) is 0 Å². The van der Waals surface area contributed by atoms with Crippen LogP contribution < -0.4 is 5.32 Å². The third-order valence-electron chi connectivity index (χ3n) is 5.44. The SMILES string of the molecule is CCNC(=NCCCC(=O)N1CCc2ccccc2C1)N(C)Cc1cccn1C. The van der Waals surface area contributed by atoms with Gasteiger partial charge in [-0.3, -0.25) is 9.79 Å². The number of nitrogens with zero attached hydrogens (tertiary/aromatic N) is 4. The van der Waals surface area contributed by atoms with Crippen LogP contribution in [0.25, 0.3) is 0 Å². The average Bonchev–Trinajstić information content (AvgIpc) is 3.14. The van der Waals surface area contributed by atoms with Crippen LogP contribution in [0.4, 0.5) is 0 Å². The molecule has 3 rings (SSSR count). The summed E-state index contributed by atoms with van der Waals surface area (Å²) in [6.45, 7) is 5.89. The van der Waals surface area contributed by atoms with Crippen molar-refractivity contribution in [2.45, 2.75) is 39.3 Å². The van der Waals surface area contributed by atoms with Gasteiger partial charge < -0.3 is 19.7 Å². The van der Waals surface area contributed by atoms with Crippen molar-refractivity contribution in [1.29, 1.82) is 0 Å². The van der Waals surface area contributed by atoms with E-state index in [1.165, 1.54) is 16.8 Å². The van der Waals surface area contributed by atoms with Crippen LogP contribution in [-0.4, -0.2) is 52.9 Å². The number of fused-ring (bicyclic) bond motifs is 1. The molecule has 0 unspecified atom stereocenters. The van der Waals surface area contributed by atoms with Crippen molar-refractivity contribution in [3.63, 3.8) is 0 Å². The summed E-state index contributed by atoms with van der Waals surface area (Å²) in [4.78, 5) is 21.5. The van der Waals surface area contributed by atoms with Crippen molar-refractivity contribution in [3.05, 3.63) is 59.4 Å². The molecule has 0 saturated carbocycles. The van der Waals surface area contributed by atoms with Crippen molar-refractivity contribution in [3.8, 4) is 0 Å². The van der Waals surface area contributed by atoms with E-state index < -0.39 is 0 Å². The first-order valence-corrected chi connectivity index (χ1v) is 10.5. The third kappa shape index (κ3) is 5.62. The van der Waals surface area contributed by atoms with Gasteiger partial charge in [0, 0.05) is 58.6 Å². The van der Waals surface area contributed by atoms with Crippen LogP contribution in [0.2, 0.25) is 0 Å². The number of nitrogens with one attached hydrogen (secondary N) is 1. The van der Waals surface area contributed by atoms with Crippen molar-refractivity contribution < 1.29 is 4.79 Å². The normalized spacial score (nSPS) is 13.9. The molecule has 0 radical (unpaired) electrons. The lowest BCUT2D eigenvalue weighted by molar-refractivity contribution is -0.132. The van der Waals surface area contributed by atoms with Gasteiger partial charge in [-0.25, -0.2) is 0 Å². The first-order chi connectivity index (χ1) is 14.1. The molecular weight excluding hydrogens is 362 g/mol. The molecule has 1 aliphatic heterocycles. The monoisotopic (exact) mass is 395 g/mol. The molecule has 0 spiro atoms. The molecule has 2 aromatic rings. The summed E-state index contributed by atoms with van der Waals surface area (Å²) in [5, 5.41) is 3.35. The van der Waals surface area contributed by atoms with E-state index in [1.54, 1.807) is 0 Å². The van der Waals surface area contributed by atoms with E-state index in [-0.39, 0.29) is 5.91 Å². The van der Waals surface area contributed by atoms with Crippen molar-refractivity contribution in [2.75, 3.05) is 26.7 Å². The molecule has 156 valence electrons. The molecule has 29 heavy (non-hydrogen) atoms. The number of aryl methyl sites for hydroxylation is 1. The number of carbonyl (C=O) groups excluding carboxylic acids is 1. The molecule has 1 aromatic carbocycles. The highest BCUT2D eigenvalue weighted by molar-refractivity contribution is 5.80. The number of guanidine groups is 1. The fourth-order valence-electron chi connectivity index (χ4n) is 3.73. The molecule has 6 heteroatoms. The maximum Gasteiger partial charge on any atom is 0.222 e. The van der Waals surface area contributed by atoms with Gasteiger partial charge in [-0.2, -0.15) is 0 Å². The summed E-state index contributed by atoms with van der Waals surface area (Å²) in [6.07, 6.45) is 4.32. The number of hydrogen-bond acceptors (Lipinski definition) is 2. The Balaban J connectivity index is 1.48.